The van der Waals surface area contributed by atoms with E-state index < -0.39 is 18.1 Å². The number of aliphatic hydroxyl groups is 1. The van der Waals surface area contributed by atoms with E-state index in [2.05, 4.69) is 6.92 Å². The zero-order valence-corrected chi connectivity index (χ0v) is 17.7. The van der Waals surface area contributed by atoms with Gasteiger partial charge >= 0.3 is 35.5 Å². The van der Waals surface area contributed by atoms with Gasteiger partial charge in [-0.15, -0.1) is 0 Å². The third-order valence-corrected chi connectivity index (χ3v) is 4.19. The summed E-state index contributed by atoms with van der Waals surface area (Å²) >= 11 is 0. The van der Waals surface area contributed by atoms with Crippen LogP contribution in [0.5, 0.6) is 0 Å². The molecule has 4 nitrogen and oxygen atoms in total. The summed E-state index contributed by atoms with van der Waals surface area (Å²) in [7, 11) is 3.50. The van der Waals surface area contributed by atoms with Crippen molar-refractivity contribution in [2.75, 3.05) is 14.1 Å². The van der Waals surface area contributed by atoms with Gasteiger partial charge in [-0.3, -0.25) is 9.69 Å². The minimum absolute atomic E-state index is 0. The molecule has 1 aromatic carbocycles. The van der Waals surface area contributed by atoms with Crippen molar-refractivity contribution in [1.82, 2.24) is 4.90 Å². The molecule has 0 fully saturated rings. The molecule has 0 saturated carbocycles. The topological polar surface area (TPSA) is 60.8 Å². The van der Waals surface area contributed by atoms with Gasteiger partial charge in [0.2, 0.25) is 0 Å². The molecule has 0 spiro atoms. The zero-order chi connectivity index (χ0) is 17.2. The van der Waals surface area contributed by atoms with Gasteiger partial charge in [0.15, 0.2) is 0 Å². The van der Waals surface area contributed by atoms with Crippen molar-refractivity contribution >= 4 is 5.97 Å². The molecule has 5 heteroatoms. The molecule has 2 unspecified atom stereocenters. The van der Waals surface area contributed by atoms with E-state index in [1.54, 1.807) is 25.1 Å². The normalized spacial score (nSPS) is 13.4. The standard InChI is InChI=1S/C19H31NO3.Na.H/c1-4-5-6-7-8-9-13-17(21)15-11-10-12-16(14-15)18(19(22)23)20(2)3;;/h10-12,14,17-18,21H,4-9,13H2,1-3H3,(H,22,23);;/q;+1;-1. The fourth-order valence-corrected chi connectivity index (χ4v) is 2.88. The van der Waals surface area contributed by atoms with Crippen LogP contribution in [0.25, 0.3) is 0 Å². The van der Waals surface area contributed by atoms with E-state index in [1.165, 1.54) is 25.7 Å². The van der Waals surface area contributed by atoms with Crippen LogP contribution >= 0.6 is 0 Å². The van der Waals surface area contributed by atoms with Crippen LogP contribution in [0.2, 0.25) is 0 Å². The van der Waals surface area contributed by atoms with E-state index in [4.69, 9.17) is 0 Å². The number of hydrogen-bond acceptors (Lipinski definition) is 3. The second-order valence-corrected chi connectivity index (χ2v) is 6.45. The van der Waals surface area contributed by atoms with Gasteiger partial charge < -0.3 is 11.6 Å². The number of benzene rings is 1. The molecule has 0 amide bonds. The van der Waals surface area contributed by atoms with Gasteiger partial charge in [0.1, 0.15) is 6.04 Å². The maximum Gasteiger partial charge on any atom is 1.00 e. The molecule has 2 N–H and O–H groups in total. The van der Waals surface area contributed by atoms with E-state index in [-0.39, 0.29) is 31.0 Å². The van der Waals surface area contributed by atoms with E-state index in [1.807, 2.05) is 18.2 Å². The van der Waals surface area contributed by atoms with E-state index in [9.17, 15) is 15.0 Å². The number of likely N-dealkylation sites (N-methyl/N-ethyl adjacent to an activating group) is 1. The zero-order valence-electron chi connectivity index (χ0n) is 16.7. The van der Waals surface area contributed by atoms with Crippen molar-refractivity contribution in [3.8, 4) is 0 Å². The van der Waals surface area contributed by atoms with Crippen LogP contribution in [0.15, 0.2) is 24.3 Å². The molecule has 0 radical (unpaired) electrons. The van der Waals surface area contributed by atoms with Crippen LogP contribution in [0.4, 0.5) is 0 Å². The summed E-state index contributed by atoms with van der Waals surface area (Å²) in [6, 6.07) is 6.64. The Balaban J connectivity index is 0. The van der Waals surface area contributed by atoms with Crippen molar-refractivity contribution in [3.63, 3.8) is 0 Å². The van der Waals surface area contributed by atoms with E-state index in [0.29, 0.717) is 5.56 Å². The number of nitrogens with zero attached hydrogens (tertiary/aromatic N) is 1. The van der Waals surface area contributed by atoms with Crippen LogP contribution in [0.1, 0.15) is 76.6 Å². The van der Waals surface area contributed by atoms with Crippen LogP contribution in [-0.2, 0) is 4.79 Å². The summed E-state index contributed by atoms with van der Waals surface area (Å²) < 4.78 is 0. The molecule has 0 heterocycles. The molecule has 1 rings (SSSR count). The van der Waals surface area contributed by atoms with Crippen molar-refractivity contribution < 1.29 is 46.0 Å². The molecular weight excluding hydrogens is 313 g/mol. The molecular formula is C19H32NNaO3. The first-order chi connectivity index (χ1) is 11.0. The number of carbonyl (C=O) groups is 1. The maximum absolute atomic E-state index is 11.4. The molecule has 0 aliphatic heterocycles. The van der Waals surface area contributed by atoms with Crippen molar-refractivity contribution in [2.45, 2.75) is 64.0 Å². The first kappa shape index (κ1) is 23.6. The number of unbranched alkanes of at least 4 members (excludes halogenated alkanes) is 5. The molecule has 0 aliphatic rings. The Labute approximate surface area is 170 Å². The third-order valence-electron chi connectivity index (χ3n) is 4.19. The summed E-state index contributed by atoms with van der Waals surface area (Å²) in [5, 5.41) is 19.7. The summed E-state index contributed by atoms with van der Waals surface area (Å²) in [5.41, 5.74) is 1.52. The number of carboxylic acids is 1. The Morgan fingerprint density at radius 3 is 2.29 bits per heavy atom. The average Bonchev–Trinajstić information content (AvgIpc) is 2.50. The summed E-state index contributed by atoms with van der Waals surface area (Å²) in [6.45, 7) is 2.20. The van der Waals surface area contributed by atoms with Gasteiger partial charge in [-0.05, 0) is 31.6 Å². The van der Waals surface area contributed by atoms with E-state index in [0.717, 1.165) is 24.8 Å². The molecule has 0 saturated heterocycles. The van der Waals surface area contributed by atoms with Crippen LogP contribution in [0, 0.1) is 0 Å². The summed E-state index contributed by atoms with van der Waals surface area (Å²) in [5.74, 6) is -0.877. The largest absolute Gasteiger partial charge is 1.00 e. The Hall–Kier alpha value is -0.390. The van der Waals surface area contributed by atoms with Crippen molar-refractivity contribution in [3.05, 3.63) is 35.4 Å². The average molecular weight is 345 g/mol. The Morgan fingerprint density at radius 2 is 1.71 bits per heavy atom. The van der Waals surface area contributed by atoms with Crippen molar-refractivity contribution in [1.29, 1.82) is 0 Å². The number of hydrogen-bond donors (Lipinski definition) is 2. The SMILES string of the molecule is CCCCCCCCC(O)c1cccc(C(C(=O)O)N(C)C)c1.[H-].[Na+]. The third kappa shape index (κ3) is 8.13. The smallest absolute Gasteiger partial charge is 1.00 e. The minimum Gasteiger partial charge on any atom is -1.00 e. The quantitative estimate of drug-likeness (QED) is 0.468. The molecule has 24 heavy (non-hydrogen) atoms. The van der Waals surface area contributed by atoms with Gasteiger partial charge in [-0.1, -0.05) is 69.7 Å². The first-order valence-corrected chi connectivity index (χ1v) is 8.64. The second-order valence-electron chi connectivity index (χ2n) is 6.45. The molecule has 0 bridgehead atoms. The summed E-state index contributed by atoms with van der Waals surface area (Å²) in [4.78, 5) is 13.1. The van der Waals surface area contributed by atoms with Crippen LogP contribution < -0.4 is 29.6 Å². The van der Waals surface area contributed by atoms with Gasteiger partial charge in [-0.25, -0.2) is 0 Å². The minimum atomic E-state index is -0.877. The molecule has 2 atom stereocenters. The fraction of sp³-hybridized carbons (Fsp3) is 0.632. The predicted octanol–water partition coefficient (Wildman–Crippen LogP) is 1.27. The first-order valence-electron chi connectivity index (χ1n) is 8.64. The number of rotatable bonds is 11. The summed E-state index contributed by atoms with van der Waals surface area (Å²) in [6.07, 6.45) is 7.38. The molecule has 0 aliphatic carbocycles. The van der Waals surface area contributed by atoms with Gasteiger partial charge in [0.05, 0.1) is 6.10 Å². The molecule has 1 aromatic rings. The molecule has 0 aromatic heterocycles. The van der Waals surface area contributed by atoms with Crippen molar-refractivity contribution in [2.24, 2.45) is 0 Å². The second kappa shape index (κ2) is 12.9. The Kier molecular flexibility index (Phi) is 12.7. The van der Waals surface area contributed by atoms with Crippen LogP contribution in [0.3, 0.4) is 0 Å². The van der Waals surface area contributed by atoms with Gasteiger partial charge in [0, 0.05) is 0 Å². The predicted molar refractivity (Wildman–Crippen MR) is 94.6 cm³/mol. The van der Waals surface area contributed by atoms with Crippen LogP contribution in [-0.4, -0.2) is 35.2 Å². The number of aliphatic carboxylic acids is 1. The van der Waals surface area contributed by atoms with Gasteiger partial charge in [0.25, 0.3) is 0 Å². The number of aliphatic hydroxyl groups excluding tert-OH is 1. The van der Waals surface area contributed by atoms with Gasteiger partial charge in [-0.2, -0.15) is 0 Å². The number of carboxylic acid groups (broad SMARTS) is 1. The maximum atomic E-state index is 11.4. The Bertz CT molecular complexity index is 485. The molecule has 132 valence electrons. The van der Waals surface area contributed by atoms with E-state index >= 15 is 0 Å². The Morgan fingerprint density at radius 1 is 1.12 bits per heavy atom. The monoisotopic (exact) mass is 345 g/mol. The fourth-order valence-electron chi connectivity index (χ4n) is 2.88.